The minimum atomic E-state index is -4.52. The highest BCUT2D eigenvalue weighted by Crippen LogP contribution is 2.31. The van der Waals surface area contributed by atoms with E-state index in [0.717, 1.165) is 25.0 Å². The van der Waals surface area contributed by atoms with Crippen LogP contribution in [0.2, 0.25) is 0 Å². The van der Waals surface area contributed by atoms with Gasteiger partial charge < -0.3 is 14.6 Å². The Morgan fingerprint density at radius 3 is 2.90 bits per heavy atom. The molecule has 0 unspecified atom stereocenters. The molecule has 3 aliphatic heterocycles. The van der Waals surface area contributed by atoms with Gasteiger partial charge in [-0.2, -0.15) is 18.3 Å². The number of nitrogens with one attached hydrogen (secondary N) is 2. The number of aromatic nitrogens is 3. The number of H-pyrrole nitrogens is 1. The Morgan fingerprint density at radius 2 is 2.17 bits per heavy atom. The van der Waals surface area contributed by atoms with Crippen molar-refractivity contribution in [2.24, 2.45) is 0 Å². The number of nitrogens with zero attached hydrogens (tertiary/aromatic N) is 2. The maximum atomic E-state index is 12.9. The molecule has 0 spiro atoms. The van der Waals surface area contributed by atoms with Crippen LogP contribution in [0.3, 0.4) is 0 Å². The number of rotatable bonds is 4. The number of alkyl halides is 3. The van der Waals surface area contributed by atoms with Crippen LogP contribution in [0.15, 0.2) is 41.5 Å². The molecule has 1 amide bonds. The second-order valence-corrected chi connectivity index (χ2v) is 6.85. The molecule has 0 saturated carbocycles. The van der Waals surface area contributed by atoms with Gasteiger partial charge >= 0.3 is 6.18 Å². The number of hydrogen-bond acceptors (Lipinski definition) is 4. The van der Waals surface area contributed by atoms with E-state index in [4.69, 9.17) is 4.74 Å². The first-order valence-electron chi connectivity index (χ1n) is 8.99. The minimum Gasteiger partial charge on any atom is -0.376 e. The highest BCUT2D eigenvalue weighted by atomic mass is 19.4. The zero-order valence-corrected chi connectivity index (χ0v) is 15.1. The normalized spacial score (nSPS) is 17.0. The van der Waals surface area contributed by atoms with Crippen molar-refractivity contribution in [2.75, 3.05) is 11.9 Å². The van der Waals surface area contributed by atoms with Crippen molar-refractivity contribution in [2.45, 2.75) is 31.7 Å². The van der Waals surface area contributed by atoms with Crippen LogP contribution in [0.1, 0.15) is 28.8 Å². The Morgan fingerprint density at radius 1 is 1.34 bits per heavy atom. The molecule has 1 fully saturated rings. The van der Waals surface area contributed by atoms with Crippen LogP contribution in [0.5, 0.6) is 0 Å². The van der Waals surface area contributed by atoms with Crippen LogP contribution < -0.4 is 10.9 Å². The summed E-state index contributed by atoms with van der Waals surface area (Å²) in [7, 11) is 0. The molecule has 0 radical (unpaired) electrons. The molecule has 0 aliphatic carbocycles. The number of carbonyl (C=O) groups is 1. The molecule has 0 aromatic heterocycles. The van der Waals surface area contributed by atoms with Gasteiger partial charge in [0, 0.05) is 31.2 Å². The van der Waals surface area contributed by atoms with E-state index in [2.05, 4.69) is 15.5 Å². The Bertz CT molecular complexity index is 1070. The largest absolute Gasteiger partial charge is 0.416 e. The first-order valence-corrected chi connectivity index (χ1v) is 8.99. The summed E-state index contributed by atoms with van der Waals surface area (Å²) < 4.78 is 46.0. The molecule has 1 aromatic rings. The Balaban J connectivity index is 1.65. The van der Waals surface area contributed by atoms with E-state index in [1.807, 2.05) is 0 Å². The van der Waals surface area contributed by atoms with Crippen LogP contribution in [0, 0.1) is 0 Å². The molecule has 3 heterocycles. The van der Waals surface area contributed by atoms with Gasteiger partial charge in [0.15, 0.2) is 0 Å². The van der Waals surface area contributed by atoms with Gasteiger partial charge in [0.05, 0.1) is 22.8 Å². The number of aromatic amines is 1. The molecule has 10 heteroatoms. The summed E-state index contributed by atoms with van der Waals surface area (Å²) in [6.07, 6.45) is 0.363. The van der Waals surface area contributed by atoms with Gasteiger partial charge in [-0.1, -0.05) is 6.07 Å². The van der Waals surface area contributed by atoms with Crippen molar-refractivity contribution in [3.05, 3.63) is 58.1 Å². The van der Waals surface area contributed by atoms with Crippen LogP contribution in [0.25, 0.3) is 11.3 Å². The fourth-order valence-electron chi connectivity index (χ4n) is 3.36. The summed E-state index contributed by atoms with van der Waals surface area (Å²) in [4.78, 5) is 24.8. The second-order valence-electron chi connectivity index (χ2n) is 6.85. The fourth-order valence-corrected chi connectivity index (χ4v) is 3.36. The summed E-state index contributed by atoms with van der Waals surface area (Å²) in [6, 6.07) is 4.34. The van der Waals surface area contributed by atoms with Crippen molar-refractivity contribution < 1.29 is 22.7 Å². The molecule has 0 bridgehead atoms. The van der Waals surface area contributed by atoms with Crippen LogP contribution in [-0.4, -0.2) is 33.4 Å². The van der Waals surface area contributed by atoms with Crippen molar-refractivity contribution >= 4 is 11.6 Å². The summed E-state index contributed by atoms with van der Waals surface area (Å²) in [5, 5.41) is 8.65. The lowest BCUT2D eigenvalue weighted by Crippen LogP contribution is -2.20. The van der Waals surface area contributed by atoms with Gasteiger partial charge in [0.25, 0.3) is 11.5 Å². The van der Waals surface area contributed by atoms with Crippen molar-refractivity contribution in [3.8, 4) is 11.3 Å². The Labute approximate surface area is 162 Å². The number of hydrogen-bond donors (Lipinski definition) is 2. The van der Waals surface area contributed by atoms with Crippen LogP contribution in [0.4, 0.5) is 18.9 Å². The number of amides is 1. The summed E-state index contributed by atoms with van der Waals surface area (Å²) in [5.41, 5.74) is -0.872. The average molecular weight is 406 g/mol. The topological polar surface area (TPSA) is 89.0 Å². The van der Waals surface area contributed by atoms with Crippen molar-refractivity contribution in [1.29, 1.82) is 0 Å². The predicted molar refractivity (Wildman–Crippen MR) is 97.8 cm³/mol. The lowest BCUT2D eigenvalue weighted by Gasteiger charge is -2.16. The van der Waals surface area contributed by atoms with Crippen molar-refractivity contribution in [3.63, 3.8) is 0 Å². The number of benzene rings is 1. The van der Waals surface area contributed by atoms with Gasteiger partial charge in [0.2, 0.25) is 0 Å². The third-order valence-corrected chi connectivity index (χ3v) is 4.74. The molecule has 29 heavy (non-hydrogen) atoms. The molecule has 1 atom stereocenters. The molecule has 1 saturated heterocycles. The van der Waals surface area contributed by atoms with Crippen LogP contribution >= 0.6 is 0 Å². The van der Waals surface area contributed by atoms with Gasteiger partial charge in [-0.05, 0) is 31.0 Å². The number of anilines is 1. The number of halogens is 3. The van der Waals surface area contributed by atoms with Crippen molar-refractivity contribution in [1.82, 2.24) is 14.8 Å². The molecule has 7 nitrogen and oxygen atoms in total. The van der Waals surface area contributed by atoms with E-state index in [0.29, 0.717) is 13.2 Å². The van der Waals surface area contributed by atoms with E-state index in [1.54, 1.807) is 10.8 Å². The third-order valence-electron chi connectivity index (χ3n) is 4.74. The number of ether oxygens (including phenoxy) is 1. The lowest BCUT2D eigenvalue weighted by molar-refractivity contribution is -0.137. The minimum absolute atomic E-state index is 0.00890. The predicted octanol–water partition coefficient (Wildman–Crippen LogP) is 3.13. The standard InChI is InChI=1S/C19H17F3N4O3/c20-19(21,22)11-3-1-4-12(7-11)23-17(27)14-9-26(8-13-5-2-6-29-13)10-15-16(14)24-25-18(15)28/h1,3-4,7,9-10,13H,2,5-6,8H2,(H,23,27)(H,25,28)/t13-/m0/s1. The molecule has 4 rings (SSSR count). The number of fused-ring (bicyclic) bond motifs is 1. The first kappa shape index (κ1) is 19.2. The van der Waals surface area contributed by atoms with E-state index >= 15 is 0 Å². The summed E-state index contributed by atoms with van der Waals surface area (Å²) in [5.74, 6) is -0.664. The molecule has 152 valence electrons. The van der Waals surface area contributed by atoms with E-state index < -0.39 is 23.2 Å². The quantitative estimate of drug-likeness (QED) is 0.697. The van der Waals surface area contributed by atoms with Gasteiger partial charge in [0.1, 0.15) is 5.69 Å². The van der Waals surface area contributed by atoms with E-state index in [-0.39, 0.29) is 28.6 Å². The van der Waals surface area contributed by atoms with E-state index in [1.165, 1.54) is 18.3 Å². The summed E-state index contributed by atoms with van der Waals surface area (Å²) >= 11 is 0. The Hall–Kier alpha value is -3.14. The monoisotopic (exact) mass is 406 g/mol. The van der Waals surface area contributed by atoms with Gasteiger partial charge in [-0.15, -0.1) is 0 Å². The highest BCUT2D eigenvalue weighted by Gasteiger charge is 2.31. The summed E-state index contributed by atoms with van der Waals surface area (Å²) in [6.45, 7) is 1.11. The fraction of sp³-hybridized carbons (Fsp3) is 0.316. The second kappa shape index (κ2) is 7.36. The SMILES string of the molecule is O=C(Nc1cccc(C(F)(F)F)c1)c1cn(C[C@@H]2CCCO2)cc2c(=O)[nH]nc1-2. The van der Waals surface area contributed by atoms with Gasteiger partial charge in [-0.3, -0.25) is 9.59 Å². The third kappa shape index (κ3) is 4.02. The lowest BCUT2D eigenvalue weighted by atomic mass is 10.1. The molecule has 1 aromatic carbocycles. The smallest absolute Gasteiger partial charge is 0.376 e. The number of pyridine rings is 1. The highest BCUT2D eigenvalue weighted by molar-refractivity contribution is 6.08. The van der Waals surface area contributed by atoms with Crippen LogP contribution in [-0.2, 0) is 17.5 Å². The molecule has 2 N–H and O–H groups in total. The van der Waals surface area contributed by atoms with Gasteiger partial charge in [-0.25, -0.2) is 5.10 Å². The van der Waals surface area contributed by atoms with E-state index in [9.17, 15) is 22.8 Å². The number of carbonyl (C=O) groups excluding carboxylic acids is 1. The molecule has 3 aliphatic rings. The maximum Gasteiger partial charge on any atom is 0.416 e. The zero-order valence-electron chi connectivity index (χ0n) is 15.1. The zero-order chi connectivity index (χ0) is 20.6. The average Bonchev–Trinajstić information content (AvgIpc) is 3.31. The maximum absolute atomic E-state index is 12.9. The molecular weight excluding hydrogens is 389 g/mol. The Kier molecular flexibility index (Phi) is 4.87. The first-order chi connectivity index (χ1) is 13.8. The molecular formula is C19H17F3N4O3.